The molecule has 0 aromatic heterocycles. The van der Waals surface area contributed by atoms with E-state index in [4.69, 9.17) is 28.4 Å². The number of carbonyl (C=O) groups is 1. The summed E-state index contributed by atoms with van der Waals surface area (Å²) in [5.41, 5.74) is 0. The van der Waals surface area contributed by atoms with Gasteiger partial charge in [-0.05, 0) is 12.8 Å². The molecular formula is C80H155NO18. The number of aliphatic hydroxyl groups excluding tert-OH is 11. The average molecular weight is 1420 g/mol. The van der Waals surface area contributed by atoms with Gasteiger partial charge < -0.3 is 89.9 Å². The van der Waals surface area contributed by atoms with Gasteiger partial charge in [0.25, 0.3) is 0 Å². The molecule has 0 saturated carbocycles. The zero-order valence-corrected chi connectivity index (χ0v) is 63.0. The maximum atomic E-state index is 13.5. The van der Waals surface area contributed by atoms with Gasteiger partial charge in [-0.15, -0.1) is 0 Å². The predicted octanol–water partition coefficient (Wildman–Crippen LogP) is 14.2. The Balaban J connectivity index is 1.35. The lowest BCUT2D eigenvalue weighted by atomic mass is 9.96. The molecule has 19 nitrogen and oxygen atoms in total. The summed E-state index contributed by atoms with van der Waals surface area (Å²) in [4.78, 5) is 13.5. The summed E-state index contributed by atoms with van der Waals surface area (Å²) in [6, 6.07) is -0.883. The fraction of sp³-hybridized carbons (Fsp3) is 0.988. The summed E-state index contributed by atoms with van der Waals surface area (Å²) in [6.07, 6.45) is 44.8. The number of ether oxygens (including phenoxy) is 6. The second-order valence-corrected chi connectivity index (χ2v) is 30.3. The highest BCUT2D eigenvalue weighted by Crippen LogP contribution is 2.34. The fourth-order valence-corrected chi connectivity index (χ4v) is 14.7. The Bertz CT molecular complexity index is 1790. The highest BCUT2D eigenvalue weighted by atomic mass is 16.8. The molecule has 1 amide bonds. The predicted molar refractivity (Wildman–Crippen MR) is 393 cm³/mol. The number of nitrogens with one attached hydrogen (secondary N) is 1. The molecule has 3 saturated heterocycles. The molecule has 3 aliphatic heterocycles. The van der Waals surface area contributed by atoms with Crippen LogP contribution in [0.1, 0.15) is 373 Å². The van der Waals surface area contributed by atoms with Gasteiger partial charge in [0.2, 0.25) is 5.91 Å². The zero-order valence-electron chi connectivity index (χ0n) is 63.0. The lowest BCUT2D eigenvalue weighted by Crippen LogP contribution is -2.66. The van der Waals surface area contributed by atoms with Crippen LogP contribution in [0, 0.1) is 0 Å². The molecule has 588 valence electrons. The maximum Gasteiger partial charge on any atom is 0.220 e. The molecule has 0 aliphatic carbocycles. The van der Waals surface area contributed by atoms with Crippen LogP contribution in [0.4, 0.5) is 0 Å². The van der Waals surface area contributed by atoms with Gasteiger partial charge in [0.15, 0.2) is 18.9 Å². The van der Waals surface area contributed by atoms with E-state index in [-0.39, 0.29) is 18.9 Å². The van der Waals surface area contributed by atoms with E-state index in [9.17, 15) is 61.0 Å². The molecule has 3 heterocycles. The monoisotopic (exact) mass is 1420 g/mol. The molecule has 17 unspecified atom stereocenters. The normalized spacial score (nSPS) is 26.5. The standard InChI is InChI=1S/C80H155NO18/c1-3-5-7-9-11-13-15-17-19-21-23-25-27-29-31-32-34-36-38-40-42-44-46-48-50-52-54-56-58-68(86)81-63(64(85)57-55-53-51-49-47-45-43-41-39-37-35-33-30-28-26-24-22-20-18-16-14-12-10-8-6-4-2)62-94-78-74(92)71(89)76(66(60-83)96-78)99-80-75(93)72(90)77(67(61-84)97-80)98-79-73(91)70(88)69(87)65(59-82)95-79/h63-67,69-80,82-85,87-93H,3-62H2,1-2H3,(H,81,86). The van der Waals surface area contributed by atoms with Crippen molar-refractivity contribution < 1.29 is 89.4 Å². The van der Waals surface area contributed by atoms with E-state index in [0.717, 1.165) is 44.9 Å². The van der Waals surface area contributed by atoms with Crippen molar-refractivity contribution in [3.8, 4) is 0 Å². The highest BCUT2D eigenvalue weighted by molar-refractivity contribution is 5.76. The first-order chi connectivity index (χ1) is 48.3. The summed E-state index contributed by atoms with van der Waals surface area (Å²) < 4.78 is 34.6. The molecule has 0 aromatic rings. The Kier molecular flexibility index (Phi) is 57.5. The van der Waals surface area contributed by atoms with Crippen LogP contribution in [-0.4, -0.2) is 193 Å². The van der Waals surface area contributed by atoms with Gasteiger partial charge in [0, 0.05) is 6.42 Å². The third-order valence-corrected chi connectivity index (χ3v) is 21.4. The van der Waals surface area contributed by atoms with Crippen LogP contribution in [-0.2, 0) is 33.2 Å². The van der Waals surface area contributed by atoms with Gasteiger partial charge in [-0.3, -0.25) is 4.79 Å². The topological polar surface area (TPSA) is 307 Å². The Hall–Kier alpha value is -1.21. The molecule has 99 heavy (non-hydrogen) atoms. The first-order valence-electron chi connectivity index (χ1n) is 41.8. The van der Waals surface area contributed by atoms with Crippen molar-refractivity contribution in [2.75, 3.05) is 26.4 Å². The first-order valence-corrected chi connectivity index (χ1v) is 41.8. The van der Waals surface area contributed by atoms with E-state index >= 15 is 0 Å². The Morgan fingerprint density at radius 3 is 0.879 bits per heavy atom. The molecule has 0 aromatic carbocycles. The number of rotatable bonds is 68. The number of aliphatic hydroxyl groups is 11. The molecule has 0 radical (unpaired) electrons. The van der Waals surface area contributed by atoms with Gasteiger partial charge >= 0.3 is 0 Å². The van der Waals surface area contributed by atoms with Crippen LogP contribution in [0.5, 0.6) is 0 Å². The van der Waals surface area contributed by atoms with Crippen LogP contribution in [0.25, 0.3) is 0 Å². The van der Waals surface area contributed by atoms with Crippen molar-refractivity contribution in [1.82, 2.24) is 5.32 Å². The van der Waals surface area contributed by atoms with Gasteiger partial charge in [-0.1, -0.05) is 354 Å². The van der Waals surface area contributed by atoms with Crippen LogP contribution in [0.2, 0.25) is 0 Å². The SMILES string of the molecule is CCCCCCCCCCCCCCCCCCCCCCCCCCCCCCC(=O)NC(COC1OC(CO)C(OC2OC(CO)C(OC3OC(CO)C(O)C(O)C3O)C(O)C2O)C(O)C1O)C(O)CCCCCCCCCCCCCCCCCCCCCCCCCCCC. The zero-order chi connectivity index (χ0) is 71.8. The van der Waals surface area contributed by atoms with Crippen molar-refractivity contribution in [3.05, 3.63) is 0 Å². The molecule has 17 atom stereocenters. The fourth-order valence-electron chi connectivity index (χ4n) is 14.7. The van der Waals surface area contributed by atoms with Crippen molar-refractivity contribution in [2.24, 2.45) is 0 Å². The van der Waals surface area contributed by atoms with E-state index < -0.39 is 124 Å². The van der Waals surface area contributed by atoms with Crippen LogP contribution in [0.15, 0.2) is 0 Å². The molecule has 3 aliphatic rings. The van der Waals surface area contributed by atoms with Crippen molar-refractivity contribution >= 4 is 5.91 Å². The Morgan fingerprint density at radius 1 is 0.323 bits per heavy atom. The minimum atomic E-state index is -1.97. The molecule has 3 rings (SSSR count). The van der Waals surface area contributed by atoms with Gasteiger partial charge in [-0.2, -0.15) is 0 Å². The first kappa shape index (κ1) is 92.0. The third kappa shape index (κ3) is 42.1. The number of amides is 1. The second kappa shape index (κ2) is 61.9. The van der Waals surface area contributed by atoms with E-state index in [2.05, 4.69) is 19.2 Å². The van der Waals surface area contributed by atoms with E-state index in [1.165, 1.54) is 295 Å². The quantitative estimate of drug-likeness (QED) is 0.0252. The average Bonchev–Trinajstić information content (AvgIpc) is 0.786. The number of hydrogen-bond donors (Lipinski definition) is 12. The largest absolute Gasteiger partial charge is 0.394 e. The second-order valence-electron chi connectivity index (χ2n) is 30.3. The van der Waals surface area contributed by atoms with Crippen molar-refractivity contribution in [3.63, 3.8) is 0 Å². The van der Waals surface area contributed by atoms with Gasteiger partial charge in [0.1, 0.15) is 73.2 Å². The van der Waals surface area contributed by atoms with Crippen LogP contribution >= 0.6 is 0 Å². The molecule has 0 spiro atoms. The Labute approximate surface area is 602 Å². The van der Waals surface area contributed by atoms with Crippen LogP contribution < -0.4 is 5.32 Å². The van der Waals surface area contributed by atoms with Crippen molar-refractivity contribution in [1.29, 1.82) is 0 Å². The smallest absolute Gasteiger partial charge is 0.220 e. The molecular weight excluding hydrogens is 1260 g/mol. The summed E-state index contributed by atoms with van der Waals surface area (Å²) in [7, 11) is 0. The van der Waals surface area contributed by atoms with Gasteiger partial charge in [-0.25, -0.2) is 0 Å². The highest BCUT2D eigenvalue weighted by Gasteiger charge is 2.54. The van der Waals surface area contributed by atoms with E-state index in [1.807, 2.05) is 0 Å². The maximum absolute atomic E-state index is 13.5. The minimum absolute atomic E-state index is 0.232. The lowest BCUT2D eigenvalue weighted by molar-refractivity contribution is -0.379. The molecule has 3 fully saturated rings. The van der Waals surface area contributed by atoms with Crippen molar-refractivity contribution in [2.45, 2.75) is 478 Å². The molecule has 0 bridgehead atoms. The summed E-state index contributed by atoms with van der Waals surface area (Å²) in [5.74, 6) is -0.232. The van der Waals surface area contributed by atoms with E-state index in [0.29, 0.717) is 12.8 Å². The van der Waals surface area contributed by atoms with Gasteiger partial charge in [0.05, 0.1) is 38.6 Å². The van der Waals surface area contributed by atoms with Crippen LogP contribution in [0.3, 0.4) is 0 Å². The molecule has 12 N–H and O–H groups in total. The third-order valence-electron chi connectivity index (χ3n) is 21.4. The minimum Gasteiger partial charge on any atom is -0.394 e. The summed E-state index contributed by atoms with van der Waals surface area (Å²) in [6.45, 7) is 1.88. The number of hydrogen-bond acceptors (Lipinski definition) is 18. The number of unbranched alkanes of at least 4 members (excludes halogenated alkanes) is 52. The Morgan fingerprint density at radius 2 is 0.576 bits per heavy atom. The molecule has 19 heteroatoms. The van der Waals surface area contributed by atoms with E-state index in [1.54, 1.807) is 0 Å². The lowest BCUT2D eigenvalue weighted by Gasteiger charge is -2.48. The summed E-state index contributed by atoms with van der Waals surface area (Å²) in [5, 5.41) is 121. The summed E-state index contributed by atoms with van der Waals surface area (Å²) >= 11 is 0. The number of carbonyl (C=O) groups excluding carboxylic acids is 1.